The number of hydrogen-bond donors (Lipinski definition) is 3. The smallest absolute Gasteiger partial charge is 0.205 e. The van der Waals surface area contributed by atoms with Crippen LogP contribution in [-0.4, -0.2) is 42.6 Å². The van der Waals surface area contributed by atoms with E-state index >= 15 is 0 Å². The molecule has 0 aromatic heterocycles. The van der Waals surface area contributed by atoms with Crippen molar-refractivity contribution < 1.29 is 0 Å². The number of hydrazine groups is 1. The molecule has 0 bridgehead atoms. The number of hydrogen-bond acceptors (Lipinski definition) is 3. The van der Waals surface area contributed by atoms with Crippen LogP contribution in [0, 0.1) is 0 Å². The Bertz CT molecular complexity index is 312. The molecule has 1 aliphatic carbocycles. The van der Waals surface area contributed by atoms with Gasteiger partial charge in [-0.25, -0.2) is 5.84 Å². The van der Waals surface area contributed by atoms with Crippen molar-refractivity contribution in [3.8, 4) is 0 Å². The highest BCUT2D eigenvalue weighted by molar-refractivity contribution is 5.79. The Labute approximate surface area is 129 Å². The quantitative estimate of drug-likeness (QED) is 0.239. The van der Waals surface area contributed by atoms with E-state index in [1.807, 2.05) is 0 Å². The van der Waals surface area contributed by atoms with E-state index in [-0.39, 0.29) is 0 Å². The second kappa shape index (κ2) is 9.26. The van der Waals surface area contributed by atoms with Crippen LogP contribution in [-0.2, 0) is 0 Å². The van der Waals surface area contributed by atoms with Gasteiger partial charge in [-0.2, -0.15) is 0 Å². The number of rotatable bonds is 5. The normalized spacial score (nSPS) is 25.8. The molecule has 0 amide bonds. The molecule has 1 aliphatic heterocycles. The number of guanidine groups is 1. The van der Waals surface area contributed by atoms with Gasteiger partial charge in [0.1, 0.15) is 0 Å². The van der Waals surface area contributed by atoms with Crippen LogP contribution >= 0.6 is 0 Å². The molecule has 1 atom stereocenters. The Hall–Kier alpha value is -0.810. The zero-order chi connectivity index (χ0) is 14.9. The van der Waals surface area contributed by atoms with Crippen LogP contribution in [0.1, 0.15) is 64.7 Å². The third kappa shape index (κ3) is 5.83. The van der Waals surface area contributed by atoms with E-state index < -0.39 is 0 Å². The first-order chi connectivity index (χ1) is 10.3. The van der Waals surface area contributed by atoms with Gasteiger partial charge in [-0.15, -0.1) is 0 Å². The molecule has 4 N–H and O–H groups in total. The van der Waals surface area contributed by atoms with Gasteiger partial charge in [-0.05, 0) is 45.6 Å². The molecule has 1 saturated heterocycles. The lowest BCUT2D eigenvalue weighted by Gasteiger charge is -2.33. The SMILES string of the molecule is CC1CCCCN1CCCN=C(NN)NC1CCCCC1. The standard InChI is InChI=1S/C16H33N5/c1-14-8-5-6-12-21(14)13-7-11-18-16(20-17)19-15-9-3-2-4-10-15/h14-15H,2-13,17H2,1H3,(H2,18,19,20). The number of nitrogens with zero attached hydrogens (tertiary/aromatic N) is 2. The Morgan fingerprint density at radius 1 is 1.14 bits per heavy atom. The lowest BCUT2D eigenvalue weighted by atomic mass is 9.96. The Morgan fingerprint density at radius 3 is 2.62 bits per heavy atom. The molecular formula is C16H33N5. The average molecular weight is 295 g/mol. The maximum Gasteiger partial charge on any atom is 0.205 e. The zero-order valence-corrected chi connectivity index (χ0v) is 13.6. The minimum absolute atomic E-state index is 0.552. The van der Waals surface area contributed by atoms with E-state index in [1.165, 1.54) is 57.9 Å². The zero-order valence-electron chi connectivity index (χ0n) is 13.6. The van der Waals surface area contributed by atoms with Crippen molar-refractivity contribution in [2.24, 2.45) is 10.8 Å². The van der Waals surface area contributed by atoms with Crippen LogP contribution < -0.4 is 16.6 Å². The van der Waals surface area contributed by atoms with Gasteiger partial charge in [-0.3, -0.25) is 10.4 Å². The maximum atomic E-state index is 5.58. The molecule has 21 heavy (non-hydrogen) atoms. The van der Waals surface area contributed by atoms with Crippen molar-refractivity contribution >= 4 is 5.96 Å². The van der Waals surface area contributed by atoms with E-state index in [0.717, 1.165) is 31.5 Å². The van der Waals surface area contributed by atoms with Gasteiger partial charge in [0.2, 0.25) is 5.96 Å². The summed E-state index contributed by atoms with van der Waals surface area (Å²) in [6, 6.07) is 1.30. The summed E-state index contributed by atoms with van der Waals surface area (Å²) in [6.45, 7) is 5.61. The predicted octanol–water partition coefficient (Wildman–Crippen LogP) is 1.99. The fraction of sp³-hybridized carbons (Fsp3) is 0.938. The van der Waals surface area contributed by atoms with Gasteiger partial charge in [0, 0.05) is 25.2 Å². The molecule has 0 spiro atoms. The Kier molecular flexibility index (Phi) is 7.30. The Balaban J connectivity index is 1.65. The third-order valence-corrected chi connectivity index (χ3v) is 4.90. The minimum atomic E-state index is 0.552. The lowest BCUT2D eigenvalue weighted by Crippen LogP contribution is -2.47. The van der Waals surface area contributed by atoms with Crippen molar-refractivity contribution in [1.29, 1.82) is 0 Å². The first kappa shape index (κ1) is 16.6. The van der Waals surface area contributed by atoms with Crippen LogP contribution in [0.5, 0.6) is 0 Å². The molecule has 5 heteroatoms. The van der Waals surface area contributed by atoms with Gasteiger partial charge < -0.3 is 10.2 Å². The largest absolute Gasteiger partial charge is 0.353 e. The van der Waals surface area contributed by atoms with Crippen LogP contribution in [0.4, 0.5) is 0 Å². The molecule has 2 fully saturated rings. The monoisotopic (exact) mass is 295 g/mol. The summed E-state index contributed by atoms with van der Waals surface area (Å²) in [5, 5.41) is 3.45. The van der Waals surface area contributed by atoms with Crippen molar-refractivity contribution in [3.05, 3.63) is 0 Å². The summed E-state index contributed by atoms with van der Waals surface area (Å²) in [6.07, 6.45) is 11.7. The molecule has 0 aromatic carbocycles. The van der Waals surface area contributed by atoms with Crippen LogP contribution in [0.3, 0.4) is 0 Å². The summed E-state index contributed by atoms with van der Waals surface area (Å²) in [5.41, 5.74) is 2.72. The fourth-order valence-corrected chi connectivity index (χ4v) is 3.53. The molecule has 122 valence electrons. The molecular weight excluding hydrogens is 262 g/mol. The number of piperidine rings is 1. The topological polar surface area (TPSA) is 65.7 Å². The summed E-state index contributed by atoms with van der Waals surface area (Å²) in [4.78, 5) is 7.19. The van der Waals surface area contributed by atoms with Gasteiger partial charge in [0.25, 0.3) is 0 Å². The van der Waals surface area contributed by atoms with Crippen molar-refractivity contribution in [1.82, 2.24) is 15.6 Å². The van der Waals surface area contributed by atoms with E-state index in [9.17, 15) is 0 Å². The van der Waals surface area contributed by atoms with E-state index in [0.29, 0.717) is 6.04 Å². The van der Waals surface area contributed by atoms with Crippen LogP contribution in [0.25, 0.3) is 0 Å². The van der Waals surface area contributed by atoms with Crippen molar-refractivity contribution in [2.75, 3.05) is 19.6 Å². The van der Waals surface area contributed by atoms with Crippen molar-refractivity contribution in [2.45, 2.75) is 76.8 Å². The third-order valence-electron chi connectivity index (χ3n) is 4.90. The van der Waals surface area contributed by atoms with E-state index in [2.05, 4.69) is 27.6 Å². The molecule has 0 radical (unpaired) electrons. The Morgan fingerprint density at radius 2 is 1.90 bits per heavy atom. The number of nitrogens with two attached hydrogens (primary N) is 1. The van der Waals surface area contributed by atoms with Crippen molar-refractivity contribution in [3.63, 3.8) is 0 Å². The second-order valence-corrected chi connectivity index (χ2v) is 6.59. The van der Waals surface area contributed by atoms with E-state index in [1.54, 1.807) is 0 Å². The lowest BCUT2D eigenvalue weighted by molar-refractivity contribution is 0.160. The first-order valence-electron chi connectivity index (χ1n) is 8.81. The maximum absolute atomic E-state index is 5.58. The molecule has 1 saturated carbocycles. The number of likely N-dealkylation sites (tertiary alicyclic amines) is 1. The van der Waals surface area contributed by atoms with E-state index in [4.69, 9.17) is 5.84 Å². The van der Waals surface area contributed by atoms with Gasteiger partial charge >= 0.3 is 0 Å². The minimum Gasteiger partial charge on any atom is -0.353 e. The average Bonchev–Trinajstić information content (AvgIpc) is 2.53. The molecule has 1 unspecified atom stereocenters. The number of aliphatic imine (C=N–C) groups is 1. The summed E-state index contributed by atoms with van der Waals surface area (Å²) >= 11 is 0. The highest BCUT2D eigenvalue weighted by Crippen LogP contribution is 2.17. The fourth-order valence-electron chi connectivity index (χ4n) is 3.53. The summed E-state index contributed by atoms with van der Waals surface area (Å²) in [7, 11) is 0. The molecule has 0 aromatic rings. The molecule has 1 heterocycles. The highest BCUT2D eigenvalue weighted by Gasteiger charge is 2.17. The van der Waals surface area contributed by atoms with Gasteiger partial charge in [-0.1, -0.05) is 25.7 Å². The van der Waals surface area contributed by atoms with Crippen LogP contribution in [0.2, 0.25) is 0 Å². The number of nitrogens with one attached hydrogen (secondary N) is 2. The summed E-state index contributed by atoms with van der Waals surface area (Å²) < 4.78 is 0. The highest BCUT2D eigenvalue weighted by atomic mass is 15.3. The van der Waals surface area contributed by atoms with Crippen LogP contribution in [0.15, 0.2) is 4.99 Å². The summed E-state index contributed by atoms with van der Waals surface area (Å²) in [5.74, 6) is 6.36. The molecule has 2 aliphatic rings. The molecule has 5 nitrogen and oxygen atoms in total. The van der Waals surface area contributed by atoms with Gasteiger partial charge in [0.15, 0.2) is 0 Å². The predicted molar refractivity (Wildman–Crippen MR) is 89.1 cm³/mol. The molecule has 2 rings (SSSR count). The first-order valence-corrected chi connectivity index (χ1v) is 8.81. The second-order valence-electron chi connectivity index (χ2n) is 6.59. The van der Waals surface area contributed by atoms with Gasteiger partial charge in [0.05, 0.1) is 0 Å².